The number of benzene rings is 1. The van der Waals surface area contributed by atoms with Crippen molar-refractivity contribution in [3.05, 3.63) is 29.8 Å². The Hall–Kier alpha value is -1.02. The molecule has 2 atom stereocenters. The number of hydrogen-bond donors (Lipinski definition) is 1. The second-order valence-corrected chi connectivity index (χ2v) is 5.31. The maximum atomic E-state index is 3.46. The number of anilines is 1. The van der Waals surface area contributed by atoms with Crippen LogP contribution < -0.4 is 10.2 Å². The van der Waals surface area contributed by atoms with Gasteiger partial charge >= 0.3 is 0 Å². The van der Waals surface area contributed by atoms with Gasteiger partial charge in [-0.2, -0.15) is 0 Å². The van der Waals surface area contributed by atoms with Crippen LogP contribution in [-0.2, 0) is 0 Å². The predicted molar refractivity (Wildman–Crippen MR) is 74.6 cm³/mol. The molecule has 2 rings (SSSR count). The zero-order valence-corrected chi connectivity index (χ0v) is 11.2. The topological polar surface area (TPSA) is 15.3 Å². The van der Waals surface area contributed by atoms with Crippen LogP contribution in [0.1, 0.15) is 24.8 Å². The summed E-state index contributed by atoms with van der Waals surface area (Å²) in [6, 6.07) is 9.48. The van der Waals surface area contributed by atoms with E-state index in [1.165, 1.54) is 30.5 Å². The van der Waals surface area contributed by atoms with Gasteiger partial charge < -0.3 is 10.2 Å². The van der Waals surface area contributed by atoms with Gasteiger partial charge in [0, 0.05) is 25.3 Å². The Balaban J connectivity index is 1.99. The van der Waals surface area contributed by atoms with Crippen molar-refractivity contribution in [3.63, 3.8) is 0 Å². The van der Waals surface area contributed by atoms with E-state index in [9.17, 15) is 0 Å². The fourth-order valence-electron chi connectivity index (χ4n) is 2.96. The summed E-state index contributed by atoms with van der Waals surface area (Å²) in [4.78, 5) is 2.40. The lowest BCUT2D eigenvalue weighted by atomic mass is 10.0. The summed E-state index contributed by atoms with van der Waals surface area (Å²) in [6.45, 7) is 3.32. The second kappa shape index (κ2) is 5.54. The minimum Gasteiger partial charge on any atom is -0.374 e. The van der Waals surface area contributed by atoms with Crippen molar-refractivity contribution in [1.29, 1.82) is 0 Å². The molecule has 0 aliphatic heterocycles. The SMILES string of the molecule is CNC1CCCC1CN(C)c1cccc(C)c1. The van der Waals surface area contributed by atoms with Gasteiger partial charge in [0.05, 0.1) is 0 Å². The van der Waals surface area contributed by atoms with E-state index in [4.69, 9.17) is 0 Å². The van der Waals surface area contributed by atoms with Crippen LogP contribution in [0, 0.1) is 12.8 Å². The molecule has 0 heterocycles. The van der Waals surface area contributed by atoms with Gasteiger partial charge in [-0.3, -0.25) is 0 Å². The van der Waals surface area contributed by atoms with E-state index in [1.54, 1.807) is 0 Å². The van der Waals surface area contributed by atoms with Crippen molar-refractivity contribution in [2.24, 2.45) is 5.92 Å². The quantitative estimate of drug-likeness (QED) is 0.858. The minimum absolute atomic E-state index is 0.710. The lowest BCUT2D eigenvalue weighted by Gasteiger charge is -2.27. The maximum absolute atomic E-state index is 3.46. The first kappa shape index (κ1) is 12.4. The summed E-state index contributed by atoms with van der Waals surface area (Å²) in [6.07, 6.45) is 4.07. The minimum atomic E-state index is 0.710. The summed E-state index contributed by atoms with van der Waals surface area (Å²) < 4.78 is 0. The molecule has 1 saturated carbocycles. The molecule has 0 spiro atoms. The smallest absolute Gasteiger partial charge is 0.0366 e. The van der Waals surface area contributed by atoms with Crippen LogP contribution in [0.25, 0.3) is 0 Å². The highest BCUT2D eigenvalue weighted by molar-refractivity contribution is 5.47. The number of aryl methyl sites for hydroxylation is 1. The van der Waals surface area contributed by atoms with Crippen LogP contribution in [0.5, 0.6) is 0 Å². The molecule has 1 aromatic rings. The first-order valence-corrected chi connectivity index (χ1v) is 6.66. The van der Waals surface area contributed by atoms with Crippen LogP contribution >= 0.6 is 0 Å². The highest BCUT2D eigenvalue weighted by atomic mass is 15.1. The van der Waals surface area contributed by atoms with Crippen molar-refractivity contribution in [2.75, 3.05) is 25.5 Å². The van der Waals surface area contributed by atoms with E-state index >= 15 is 0 Å². The Kier molecular flexibility index (Phi) is 4.06. The largest absolute Gasteiger partial charge is 0.374 e. The van der Waals surface area contributed by atoms with Crippen molar-refractivity contribution in [2.45, 2.75) is 32.2 Å². The average Bonchev–Trinajstić information content (AvgIpc) is 2.76. The summed E-state index contributed by atoms with van der Waals surface area (Å²) in [5, 5.41) is 3.46. The molecule has 2 heteroatoms. The lowest BCUT2D eigenvalue weighted by molar-refractivity contribution is 0.428. The maximum Gasteiger partial charge on any atom is 0.0366 e. The van der Waals surface area contributed by atoms with Gasteiger partial charge in [0.2, 0.25) is 0 Å². The fraction of sp³-hybridized carbons (Fsp3) is 0.600. The van der Waals surface area contributed by atoms with Gasteiger partial charge in [-0.1, -0.05) is 18.6 Å². The van der Waals surface area contributed by atoms with Crippen LogP contribution in [-0.4, -0.2) is 26.7 Å². The van der Waals surface area contributed by atoms with E-state index in [2.05, 4.69) is 55.5 Å². The molecule has 0 aromatic heterocycles. The van der Waals surface area contributed by atoms with E-state index < -0.39 is 0 Å². The molecule has 17 heavy (non-hydrogen) atoms. The Morgan fingerprint density at radius 2 is 2.18 bits per heavy atom. The van der Waals surface area contributed by atoms with Crippen LogP contribution in [0.3, 0.4) is 0 Å². The third-order valence-corrected chi connectivity index (χ3v) is 3.98. The number of nitrogens with zero attached hydrogens (tertiary/aromatic N) is 1. The molecular formula is C15H24N2. The summed E-state index contributed by atoms with van der Waals surface area (Å²) in [5.74, 6) is 0.797. The van der Waals surface area contributed by atoms with E-state index in [0.29, 0.717) is 6.04 Å². The highest BCUT2D eigenvalue weighted by Gasteiger charge is 2.26. The third-order valence-electron chi connectivity index (χ3n) is 3.98. The number of nitrogens with one attached hydrogen (secondary N) is 1. The highest BCUT2D eigenvalue weighted by Crippen LogP contribution is 2.27. The van der Waals surface area contributed by atoms with Crippen molar-refractivity contribution >= 4 is 5.69 Å². The zero-order valence-electron chi connectivity index (χ0n) is 11.2. The lowest BCUT2D eigenvalue weighted by Crippen LogP contribution is -2.36. The molecule has 0 amide bonds. The number of rotatable bonds is 4. The average molecular weight is 232 g/mol. The van der Waals surface area contributed by atoms with Gasteiger partial charge in [0.15, 0.2) is 0 Å². The molecule has 1 N–H and O–H groups in total. The molecular weight excluding hydrogens is 208 g/mol. The molecule has 1 fully saturated rings. The van der Waals surface area contributed by atoms with Gasteiger partial charge in [-0.15, -0.1) is 0 Å². The van der Waals surface area contributed by atoms with Gasteiger partial charge in [-0.25, -0.2) is 0 Å². The molecule has 1 aromatic carbocycles. The summed E-state index contributed by atoms with van der Waals surface area (Å²) >= 11 is 0. The van der Waals surface area contributed by atoms with Crippen LogP contribution in [0.4, 0.5) is 5.69 Å². The van der Waals surface area contributed by atoms with E-state index in [0.717, 1.165) is 12.5 Å². The van der Waals surface area contributed by atoms with Crippen molar-refractivity contribution in [1.82, 2.24) is 5.32 Å². The summed E-state index contributed by atoms with van der Waals surface area (Å²) in [7, 11) is 4.30. The molecule has 1 aliphatic carbocycles. The predicted octanol–water partition coefficient (Wildman–Crippen LogP) is 2.82. The molecule has 2 unspecified atom stereocenters. The standard InChI is InChI=1S/C15H24N2/c1-12-6-4-8-14(10-12)17(3)11-13-7-5-9-15(13)16-2/h4,6,8,10,13,15-16H,5,7,9,11H2,1-3H3. The van der Waals surface area contributed by atoms with Crippen LogP contribution in [0.2, 0.25) is 0 Å². The molecule has 2 nitrogen and oxygen atoms in total. The molecule has 1 aliphatic rings. The van der Waals surface area contributed by atoms with E-state index in [-0.39, 0.29) is 0 Å². The van der Waals surface area contributed by atoms with Gasteiger partial charge in [0.25, 0.3) is 0 Å². The monoisotopic (exact) mass is 232 g/mol. The first-order chi connectivity index (χ1) is 8.20. The Bertz CT molecular complexity index is 362. The molecule has 0 bridgehead atoms. The summed E-state index contributed by atoms with van der Waals surface area (Å²) in [5.41, 5.74) is 2.68. The molecule has 0 radical (unpaired) electrons. The van der Waals surface area contributed by atoms with Crippen molar-refractivity contribution in [3.8, 4) is 0 Å². The Morgan fingerprint density at radius 3 is 2.88 bits per heavy atom. The van der Waals surface area contributed by atoms with Crippen LogP contribution in [0.15, 0.2) is 24.3 Å². The number of hydrogen-bond acceptors (Lipinski definition) is 2. The van der Waals surface area contributed by atoms with Gasteiger partial charge in [-0.05, 0) is 50.4 Å². The van der Waals surface area contributed by atoms with E-state index in [1.807, 2.05) is 0 Å². The molecule has 94 valence electrons. The normalized spacial score (nSPS) is 23.9. The van der Waals surface area contributed by atoms with Gasteiger partial charge in [0.1, 0.15) is 0 Å². The molecule has 0 saturated heterocycles. The Morgan fingerprint density at radius 1 is 1.35 bits per heavy atom. The Labute approximate surface area is 105 Å². The second-order valence-electron chi connectivity index (χ2n) is 5.31. The fourth-order valence-corrected chi connectivity index (χ4v) is 2.96. The first-order valence-electron chi connectivity index (χ1n) is 6.66. The van der Waals surface area contributed by atoms with Crippen molar-refractivity contribution < 1.29 is 0 Å². The zero-order chi connectivity index (χ0) is 12.3. The third kappa shape index (κ3) is 3.01.